The third kappa shape index (κ3) is 3.83. The summed E-state index contributed by atoms with van der Waals surface area (Å²) in [5.41, 5.74) is 1.07. The minimum absolute atomic E-state index is 0.0132. The topological polar surface area (TPSA) is 58.2 Å². The summed E-state index contributed by atoms with van der Waals surface area (Å²) < 4.78 is 0. The lowest BCUT2D eigenvalue weighted by Gasteiger charge is -2.11. The maximum Gasteiger partial charge on any atom is 0.224 e. The molecule has 0 heterocycles. The van der Waals surface area contributed by atoms with E-state index in [0.717, 1.165) is 12.0 Å². The van der Waals surface area contributed by atoms with Crippen LogP contribution < -0.4 is 10.6 Å². The molecule has 0 spiro atoms. The molecule has 3 unspecified atom stereocenters. The molecule has 0 radical (unpaired) electrons. The summed E-state index contributed by atoms with van der Waals surface area (Å²) in [5, 5.41) is 5.83. The van der Waals surface area contributed by atoms with Gasteiger partial charge in [-0.25, -0.2) is 0 Å². The first-order chi connectivity index (χ1) is 9.61. The molecule has 1 aliphatic carbocycles. The van der Waals surface area contributed by atoms with Crippen LogP contribution in [0.2, 0.25) is 0 Å². The average Bonchev–Trinajstić information content (AvgIpc) is 3.26. The third-order valence-corrected chi connectivity index (χ3v) is 3.77. The standard InChI is InChI=1S/C16H22N2O2/c1-3-11(2)18-16(20)14-9-13(14)15(19)17-10-12-7-5-4-6-8-12/h4-8,11,13-14H,3,9-10H2,1-2H3,(H,17,19)(H,18,20). The Kier molecular flexibility index (Phi) is 4.77. The van der Waals surface area contributed by atoms with E-state index in [4.69, 9.17) is 0 Å². The van der Waals surface area contributed by atoms with Crippen molar-refractivity contribution in [2.24, 2.45) is 11.8 Å². The minimum Gasteiger partial charge on any atom is -0.353 e. The second kappa shape index (κ2) is 6.55. The second-order valence-electron chi connectivity index (χ2n) is 5.47. The van der Waals surface area contributed by atoms with E-state index in [1.54, 1.807) is 0 Å². The van der Waals surface area contributed by atoms with Gasteiger partial charge in [0.1, 0.15) is 0 Å². The molecule has 1 fully saturated rings. The Hall–Kier alpha value is -1.84. The Morgan fingerprint density at radius 1 is 1.20 bits per heavy atom. The van der Waals surface area contributed by atoms with Gasteiger partial charge >= 0.3 is 0 Å². The number of carbonyl (C=O) groups is 2. The van der Waals surface area contributed by atoms with Gasteiger partial charge in [-0.05, 0) is 25.3 Å². The molecule has 3 atom stereocenters. The highest BCUT2D eigenvalue weighted by Crippen LogP contribution is 2.38. The number of amides is 2. The van der Waals surface area contributed by atoms with Crippen LogP contribution in [0.5, 0.6) is 0 Å². The summed E-state index contributed by atoms with van der Waals surface area (Å²) in [6, 6.07) is 9.96. The van der Waals surface area contributed by atoms with Crippen molar-refractivity contribution in [1.82, 2.24) is 10.6 Å². The van der Waals surface area contributed by atoms with Crippen LogP contribution in [0.4, 0.5) is 0 Å². The zero-order valence-corrected chi connectivity index (χ0v) is 12.1. The summed E-state index contributed by atoms with van der Waals surface area (Å²) in [6.07, 6.45) is 1.58. The van der Waals surface area contributed by atoms with E-state index in [2.05, 4.69) is 10.6 Å². The normalized spacial score (nSPS) is 21.9. The number of hydrogen-bond donors (Lipinski definition) is 2. The molecule has 0 aromatic heterocycles. The monoisotopic (exact) mass is 274 g/mol. The first-order valence-electron chi connectivity index (χ1n) is 7.23. The van der Waals surface area contributed by atoms with Crippen LogP contribution in [-0.2, 0) is 16.1 Å². The Morgan fingerprint density at radius 3 is 2.50 bits per heavy atom. The molecule has 2 rings (SSSR count). The van der Waals surface area contributed by atoms with Crippen LogP contribution in [0, 0.1) is 11.8 Å². The largest absolute Gasteiger partial charge is 0.353 e. The molecule has 20 heavy (non-hydrogen) atoms. The molecule has 4 heteroatoms. The first-order valence-corrected chi connectivity index (χ1v) is 7.23. The van der Waals surface area contributed by atoms with Gasteiger partial charge in [-0.3, -0.25) is 9.59 Å². The average molecular weight is 274 g/mol. The lowest BCUT2D eigenvalue weighted by Crippen LogP contribution is -2.35. The molecule has 1 saturated carbocycles. The quantitative estimate of drug-likeness (QED) is 0.832. The summed E-state index contributed by atoms with van der Waals surface area (Å²) >= 11 is 0. The maximum absolute atomic E-state index is 12.0. The predicted octanol–water partition coefficient (Wildman–Crippen LogP) is 1.85. The molecule has 0 saturated heterocycles. The molecule has 1 aromatic rings. The Balaban J connectivity index is 1.74. The Labute approximate surface area is 119 Å². The van der Waals surface area contributed by atoms with Gasteiger partial charge < -0.3 is 10.6 Å². The van der Waals surface area contributed by atoms with Crippen LogP contribution in [0.1, 0.15) is 32.3 Å². The fourth-order valence-corrected chi connectivity index (χ4v) is 2.14. The van der Waals surface area contributed by atoms with Gasteiger partial charge in [-0.2, -0.15) is 0 Å². The molecular formula is C16H22N2O2. The van der Waals surface area contributed by atoms with Gasteiger partial charge in [0.25, 0.3) is 0 Å². The van der Waals surface area contributed by atoms with Gasteiger partial charge in [0.15, 0.2) is 0 Å². The summed E-state index contributed by atoms with van der Waals surface area (Å²) in [5.74, 6) is -0.292. The predicted molar refractivity (Wildman–Crippen MR) is 77.8 cm³/mol. The van der Waals surface area contributed by atoms with Crippen molar-refractivity contribution in [1.29, 1.82) is 0 Å². The van der Waals surface area contributed by atoms with E-state index in [9.17, 15) is 9.59 Å². The third-order valence-electron chi connectivity index (χ3n) is 3.77. The summed E-state index contributed by atoms with van der Waals surface area (Å²) in [6.45, 7) is 4.53. The zero-order chi connectivity index (χ0) is 14.5. The van der Waals surface area contributed by atoms with E-state index in [1.165, 1.54) is 0 Å². The highest BCUT2D eigenvalue weighted by Gasteiger charge is 2.47. The van der Waals surface area contributed by atoms with Crippen molar-refractivity contribution in [3.05, 3.63) is 35.9 Å². The van der Waals surface area contributed by atoms with Gasteiger partial charge in [0, 0.05) is 12.6 Å². The molecule has 1 aliphatic rings. The highest BCUT2D eigenvalue weighted by atomic mass is 16.2. The molecule has 0 bridgehead atoms. The Morgan fingerprint density at radius 2 is 1.85 bits per heavy atom. The molecule has 1 aromatic carbocycles. The van der Waals surface area contributed by atoms with Crippen molar-refractivity contribution in [2.45, 2.75) is 39.3 Å². The lowest BCUT2D eigenvalue weighted by atomic mass is 10.2. The van der Waals surface area contributed by atoms with Gasteiger partial charge in [0.2, 0.25) is 11.8 Å². The van der Waals surface area contributed by atoms with Gasteiger partial charge in [-0.15, -0.1) is 0 Å². The molecule has 108 valence electrons. The van der Waals surface area contributed by atoms with Crippen molar-refractivity contribution in [3.63, 3.8) is 0 Å². The summed E-state index contributed by atoms with van der Waals surface area (Å²) in [7, 11) is 0. The molecule has 2 amide bonds. The molecular weight excluding hydrogens is 252 g/mol. The van der Waals surface area contributed by atoms with Crippen LogP contribution >= 0.6 is 0 Å². The van der Waals surface area contributed by atoms with Crippen LogP contribution in [0.15, 0.2) is 30.3 Å². The fraction of sp³-hybridized carbons (Fsp3) is 0.500. The number of carbonyl (C=O) groups excluding carboxylic acids is 2. The van der Waals surface area contributed by atoms with E-state index in [0.29, 0.717) is 13.0 Å². The van der Waals surface area contributed by atoms with Crippen LogP contribution in [-0.4, -0.2) is 17.9 Å². The van der Waals surface area contributed by atoms with E-state index < -0.39 is 0 Å². The molecule has 0 aliphatic heterocycles. The van der Waals surface area contributed by atoms with Crippen molar-refractivity contribution < 1.29 is 9.59 Å². The highest BCUT2D eigenvalue weighted by molar-refractivity contribution is 5.92. The number of nitrogens with one attached hydrogen (secondary N) is 2. The Bertz CT molecular complexity index is 473. The van der Waals surface area contributed by atoms with E-state index >= 15 is 0 Å². The molecule has 4 nitrogen and oxygen atoms in total. The van der Waals surface area contributed by atoms with Crippen molar-refractivity contribution in [3.8, 4) is 0 Å². The first kappa shape index (κ1) is 14.6. The van der Waals surface area contributed by atoms with E-state index in [1.807, 2.05) is 44.2 Å². The summed E-state index contributed by atoms with van der Waals surface area (Å²) in [4.78, 5) is 23.8. The second-order valence-corrected chi connectivity index (χ2v) is 5.47. The van der Waals surface area contributed by atoms with Gasteiger partial charge in [-0.1, -0.05) is 37.3 Å². The van der Waals surface area contributed by atoms with Crippen molar-refractivity contribution >= 4 is 11.8 Å². The maximum atomic E-state index is 12.0. The zero-order valence-electron chi connectivity index (χ0n) is 12.1. The SMILES string of the molecule is CCC(C)NC(=O)C1CC1C(=O)NCc1ccccc1. The van der Waals surface area contributed by atoms with Gasteiger partial charge in [0.05, 0.1) is 11.8 Å². The number of rotatable bonds is 6. The van der Waals surface area contributed by atoms with E-state index in [-0.39, 0.29) is 29.7 Å². The van der Waals surface area contributed by atoms with Crippen LogP contribution in [0.25, 0.3) is 0 Å². The van der Waals surface area contributed by atoms with Crippen molar-refractivity contribution in [2.75, 3.05) is 0 Å². The molecule has 2 N–H and O–H groups in total. The number of benzene rings is 1. The minimum atomic E-state index is -0.150. The van der Waals surface area contributed by atoms with Crippen LogP contribution in [0.3, 0.4) is 0 Å². The lowest BCUT2D eigenvalue weighted by molar-refractivity contribution is -0.127. The fourth-order valence-electron chi connectivity index (χ4n) is 2.14. The smallest absolute Gasteiger partial charge is 0.224 e. The number of hydrogen-bond acceptors (Lipinski definition) is 2.